The van der Waals surface area contributed by atoms with Crippen molar-refractivity contribution in [3.63, 3.8) is 0 Å². The lowest BCUT2D eigenvalue weighted by Gasteiger charge is -2.41. The smallest absolute Gasteiger partial charge is 0.328 e. The molecule has 0 saturated heterocycles. The van der Waals surface area contributed by atoms with Gasteiger partial charge in [0.15, 0.2) is 0 Å². The maximum absolute atomic E-state index is 14.1. The maximum atomic E-state index is 14.1. The number of aromatic nitrogens is 1. The molecule has 0 aliphatic carbocycles. The maximum Gasteiger partial charge on any atom is 0.328 e. The highest BCUT2D eigenvalue weighted by Gasteiger charge is 2.44. The fourth-order valence-corrected chi connectivity index (χ4v) is 5.07. The highest BCUT2D eigenvalue weighted by molar-refractivity contribution is 5.99. The summed E-state index contributed by atoms with van der Waals surface area (Å²) in [4.78, 5) is 32.5. The molecule has 1 N–H and O–H groups in total. The van der Waals surface area contributed by atoms with Crippen molar-refractivity contribution in [2.75, 3.05) is 13.7 Å². The third kappa shape index (κ3) is 3.95. The number of carbonyl (C=O) groups is 2. The molecule has 35 heavy (non-hydrogen) atoms. The second kappa shape index (κ2) is 9.29. The van der Waals surface area contributed by atoms with Crippen LogP contribution in [0.5, 0.6) is 5.75 Å². The van der Waals surface area contributed by atoms with Gasteiger partial charge in [-0.2, -0.15) is 0 Å². The van der Waals surface area contributed by atoms with Crippen LogP contribution in [0.2, 0.25) is 0 Å². The summed E-state index contributed by atoms with van der Waals surface area (Å²) >= 11 is 0. The van der Waals surface area contributed by atoms with Crippen molar-refractivity contribution in [2.24, 2.45) is 0 Å². The van der Waals surface area contributed by atoms with E-state index >= 15 is 0 Å². The van der Waals surface area contributed by atoms with Crippen LogP contribution < -0.4 is 4.74 Å². The average Bonchev–Trinajstić information content (AvgIpc) is 3.26. The zero-order chi connectivity index (χ0) is 24.5. The molecule has 6 nitrogen and oxygen atoms in total. The number of para-hydroxylation sites is 1. The summed E-state index contributed by atoms with van der Waals surface area (Å²) in [5.74, 6) is 0.116. The van der Waals surface area contributed by atoms with Crippen molar-refractivity contribution in [1.29, 1.82) is 0 Å². The standard InChI is InChI=1S/C29H28N2O4/c1-4-35-20-15-13-19(14-16-20)27-26-23(22-11-7-8-12-24(22)30-26)17-25(29(33)34-3)31(27)28(32)21-10-6-5-9-18(21)2/h5-16,25,27,30H,4,17H2,1-3H3. The molecule has 2 unspecified atom stereocenters. The molecule has 0 spiro atoms. The van der Waals surface area contributed by atoms with Crippen molar-refractivity contribution in [2.45, 2.75) is 32.4 Å². The first-order valence-corrected chi connectivity index (χ1v) is 11.8. The van der Waals surface area contributed by atoms with Gasteiger partial charge in [0.25, 0.3) is 5.91 Å². The van der Waals surface area contributed by atoms with Crippen molar-refractivity contribution < 1.29 is 19.1 Å². The topological polar surface area (TPSA) is 71.6 Å². The average molecular weight is 469 g/mol. The first-order chi connectivity index (χ1) is 17.0. The Hall–Kier alpha value is -4.06. The molecule has 4 aromatic rings. The minimum atomic E-state index is -0.768. The lowest BCUT2D eigenvalue weighted by molar-refractivity contribution is -0.147. The Morgan fingerprint density at radius 2 is 1.71 bits per heavy atom. The van der Waals surface area contributed by atoms with Gasteiger partial charge in [-0.3, -0.25) is 4.79 Å². The Balaban J connectivity index is 1.74. The Labute approximate surface area is 204 Å². The Morgan fingerprint density at radius 1 is 1.00 bits per heavy atom. The molecule has 2 heterocycles. The number of esters is 1. The van der Waals surface area contributed by atoms with Crippen molar-refractivity contribution in [3.8, 4) is 5.75 Å². The highest BCUT2D eigenvalue weighted by Crippen LogP contribution is 2.42. The first-order valence-electron chi connectivity index (χ1n) is 11.8. The number of methoxy groups -OCH3 is 1. The molecule has 178 valence electrons. The van der Waals surface area contributed by atoms with E-state index in [1.54, 1.807) is 4.90 Å². The van der Waals surface area contributed by atoms with Crippen LogP contribution in [0.15, 0.2) is 72.8 Å². The largest absolute Gasteiger partial charge is 0.494 e. The number of ether oxygens (including phenoxy) is 2. The molecule has 0 radical (unpaired) electrons. The number of aryl methyl sites for hydroxylation is 1. The summed E-state index contributed by atoms with van der Waals surface area (Å²) in [6.07, 6.45) is 0.372. The van der Waals surface area contributed by atoms with E-state index in [9.17, 15) is 9.59 Å². The van der Waals surface area contributed by atoms with Crippen LogP contribution in [0.1, 0.15) is 45.7 Å². The zero-order valence-corrected chi connectivity index (χ0v) is 20.1. The van der Waals surface area contributed by atoms with Crippen LogP contribution in [-0.4, -0.2) is 41.5 Å². The number of hydrogen-bond donors (Lipinski definition) is 1. The van der Waals surface area contributed by atoms with Gasteiger partial charge in [0, 0.05) is 28.6 Å². The van der Waals surface area contributed by atoms with Gasteiger partial charge in [0.05, 0.1) is 19.8 Å². The summed E-state index contributed by atoms with van der Waals surface area (Å²) < 4.78 is 10.9. The van der Waals surface area contributed by atoms with E-state index in [-0.39, 0.29) is 5.91 Å². The number of nitrogens with one attached hydrogen (secondary N) is 1. The molecule has 6 heteroatoms. The Kier molecular flexibility index (Phi) is 6.03. The number of amides is 1. The molecule has 0 saturated carbocycles. The van der Waals surface area contributed by atoms with Gasteiger partial charge in [-0.05, 0) is 54.8 Å². The van der Waals surface area contributed by atoms with Gasteiger partial charge >= 0.3 is 5.97 Å². The van der Waals surface area contributed by atoms with Gasteiger partial charge < -0.3 is 19.4 Å². The second-order valence-corrected chi connectivity index (χ2v) is 8.74. The molecule has 0 fully saturated rings. The van der Waals surface area contributed by atoms with Crippen LogP contribution in [0, 0.1) is 6.92 Å². The van der Waals surface area contributed by atoms with E-state index in [1.807, 2.05) is 86.6 Å². The summed E-state index contributed by atoms with van der Waals surface area (Å²) in [6, 6.07) is 21.9. The lowest BCUT2D eigenvalue weighted by atomic mass is 9.87. The molecular formula is C29H28N2O4. The van der Waals surface area contributed by atoms with Gasteiger partial charge in [0.2, 0.25) is 0 Å². The molecule has 2 atom stereocenters. The molecule has 0 bridgehead atoms. The van der Waals surface area contributed by atoms with E-state index in [2.05, 4.69) is 4.98 Å². The zero-order valence-electron chi connectivity index (χ0n) is 20.1. The molecule has 3 aromatic carbocycles. The normalized spacial score (nSPS) is 17.2. The monoisotopic (exact) mass is 468 g/mol. The van der Waals surface area contributed by atoms with E-state index in [1.165, 1.54) is 7.11 Å². The highest BCUT2D eigenvalue weighted by atomic mass is 16.5. The molecular weight excluding hydrogens is 440 g/mol. The van der Waals surface area contributed by atoms with Crippen LogP contribution in [0.3, 0.4) is 0 Å². The summed E-state index contributed by atoms with van der Waals surface area (Å²) in [5.41, 5.74) is 5.23. The van der Waals surface area contributed by atoms with Crippen LogP contribution >= 0.6 is 0 Å². The van der Waals surface area contributed by atoms with Crippen molar-refractivity contribution in [1.82, 2.24) is 9.88 Å². The first kappa shape index (κ1) is 22.7. The van der Waals surface area contributed by atoms with E-state index in [4.69, 9.17) is 9.47 Å². The van der Waals surface area contributed by atoms with E-state index in [0.717, 1.165) is 39.0 Å². The SMILES string of the molecule is CCOc1ccc(C2c3[nH]c4ccccc4c3CC(C(=O)OC)N2C(=O)c2ccccc2C)cc1. The number of aromatic amines is 1. The predicted molar refractivity (Wildman–Crippen MR) is 135 cm³/mol. The number of nitrogens with zero attached hydrogens (tertiary/aromatic N) is 1. The molecule has 1 aliphatic rings. The lowest BCUT2D eigenvalue weighted by Crippen LogP contribution is -2.52. The number of fused-ring (bicyclic) bond motifs is 3. The number of H-pyrrole nitrogens is 1. The van der Waals surface area contributed by atoms with E-state index < -0.39 is 18.1 Å². The van der Waals surface area contributed by atoms with Crippen molar-refractivity contribution >= 4 is 22.8 Å². The van der Waals surface area contributed by atoms with Gasteiger partial charge in [-0.25, -0.2) is 4.79 Å². The predicted octanol–water partition coefficient (Wildman–Crippen LogP) is 5.20. The molecule has 1 aromatic heterocycles. The van der Waals surface area contributed by atoms with Crippen LogP contribution in [-0.2, 0) is 16.0 Å². The third-order valence-corrected chi connectivity index (χ3v) is 6.72. The van der Waals surface area contributed by atoms with Gasteiger partial charge in [-0.1, -0.05) is 48.5 Å². The molecule has 5 rings (SSSR count). The summed E-state index contributed by atoms with van der Waals surface area (Å²) in [6.45, 7) is 4.41. The summed E-state index contributed by atoms with van der Waals surface area (Å²) in [7, 11) is 1.37. The van der Waals surface area contributed by atoms with Crippen molar-refractivity contribution in [3.05, 3.63) is 101 Å². The van der Waals surface area contributed by atoms with Crippen LogP contribution in [0.4, 0.5) is 0 Å². The summed E-state index contributed by atoms with van der Waals surface area (Å²) in [5, 5.41) is 1.05. The second-order valence-electron chi connectivity index (χ2n) is 8.74. The quantitative estimate of drug-likeness (QED) is 0.409. The fraction of sp³-hybridized carbons (Fsp3) is 0.241. The van der Waals surface area contributed by atoms with Gasteiger partial charge in [0.1, 0.15) is 11.8 Å². The Bertz CT molecular complexity index is 1390. The number of benzene rings is 3. The third-order valence-electron chi connectivity index (χ3n) is 6.72. The molecule has 1 aliphatic heterocycles. The van der Waals surface area contributed by atoms with Gasteiger partial charge in [-0.15, -0.1) is 0 Å². The van der Waals surface area contributed by atoms with Crippen LogP contribution in [0.25, 0.3) is 10.9 Å². The number of hydrogen-bond acceptors (Lipinski definition) is 4. The molecule has 1 amide bonds. The number of carbonyl (C=O) groups excluding carboxylic acids is 2. The fourth-order valence-electron chi connectivity index (χ4n) is 5.07. The number of rotatable bonds is 5. The Morgan fingerprint density at radius 3 is 2.43 bits per heavy atom. The minimum Gasteiger partial charge on any atom is -0.494 e. The van der Waals surface area contributed by atoms with E-state index in [0.29, 0.717) is 18.6 Å². The minimum absolute atomic E-state index is 0.207.